The van der Waals surface area contributed by atoms with Gasteiger partial charge in [-0.2, -0.15) is 0 Å². The number of hydrogen-bond donors (Lipinski definition) is 2. The van der Waals surface area contributed by atoms with Crippen LogP contribution >= 0.6 is 11.3 Å². The molecule has 0 saturated carbocycles. The number of aryl methyl sites for hydroxylation is 4. The fourth-order valence-corrected chi connectivity index (χ4v) is 3.83. The third-order valence-corrected chi connectivity index (χ3v) is 5.72. The molecule has 0 bridgehead atoms. The number of aromatic nitrogens is 1. The standard InChI is InChI=1S/C23H25N3O3S/c1-14-8-10-18(11-9-14)29-13-20-25-17(4)22(30-20)23(28)24-12-19(27)26-21-15(2)6-5-7-16(21)3/h5-11H,12-13H2,1-4H3,(H,24,28)(H,26,27). The Morgan fingerprint density at radius 1 is 1.00 bits per heavy atom. The number of carbonyl (C=O) groups is 2. The zero-order chi connectivity index (χ0) is 21.7. The van der Waals surface area contributed by atoms with E-state index >= 15 is 0 Å². The van der Waals surface area contributed by atoms with Crippen molar-refractivity contribution in [3.8, 4) is 5.75 Å². The smallest absolute Gasteiger partial charge is 0.263 e. The van der Waals surface area contributed by atoms with Gasteiger partial charge in [0.05, 0.1) is 12.2 Å². The van der Waals surface area contributed by atoms with Gasteiger partial charge in [0, 0.05) is 5.69 Å². The highest BCUT2D eigenvalue weighted by atomic mass is 32.1. The van der Waals surface area contributed by atoms with E-state index in [-0.39, 0.29) is 25.0 Å². The molecule has 6 nitrogen and oxygen atoms in total. The van der Waals surface area contributed by atoms with Crippen LogP contribution in [0.1, 0.15) is 37.1 Å². The first-order valence-electron chi connectivity index (χ1n) is 9.63. The third kappa shape index (κ3) is 5.45. The van der Waals surface area contributed by atoms with Crippen LogP contribution in [-0.4, -0.2) is 23.3 Å². The van der Waals surface area contributed by atoms with Gasteiger partial charge in [-0.1, -0.05) is 35.9 Å². The van der Waals surface area contributed by atoms with Crippen LogP contribution in [-0.2, 0) is 11.4 Å². The van der Waals surface area contributed by atoms with E-state index in [0.29, 0.717) is 15.6 Å². The fourth-order valence-electron chi connectivity index (χ4n) is 2.94. The summed E-state index contributed by atoms with van der Waals surface area (Å²) >= 11 is 1.27. The lowest BCUT2D eigenvalue weighted by Gasteiger charge is -2.11. The molecule has 1 heterocycles. The number of thiazole rings is 1. The predicted octanol–water partition coefficient (Wildman–Crippen LogP) is 4.32. The molecule has 0 fully saturated rings. The minimum absolute atomic E-state index is 0.112. The Morgan fingerprint density at radius 2 is 1.67 bits per heavy atom. The zero-order valence-electron chi connectivity index (χ0n) is 17.5. The average molecular weight is 424 g/mol. The van der Waals surface area contributed by atoms with E-state index in [9.17, 15) is 9.59 Å². The van der Waals surface area contributed by atoms with Gasteiger partial charge in [-0.25, -0.2) is 4.98 Å². The maximum atomic E-state index is 12.5. The number of rotatable bonds is 7. The molecule has 7 heteroatoms. The number of carbonyl (C=O) groups excluding carboxylic acids is 2. The van der Waals surface area contributed by atoms with E-state index < -0.39 is 0 Å². The summed E-state index contributed by atoms with van der Waals surface area (Å²) < 4.78 is 5.73. The highest BCUT2D eigenvalue weighted by Gasteiger charge is 2.17. The maximum Gasteiger partial charge on any atom is 0.263 e. The summed E-state index contributed by atoms with van der Waals surface area (Å²) in [6.07, 6.45) is 0. The van der Waals surface area contributed by atoms with Crippen molar-refractivity contribution in [2.24, 2.45) is 0 Å². The molecule has 156 valence electrons. The molecule has 3 aromatic rings. The van der Waals surface area contributed by atoms with Crippen molar-refractivity contribution in [1.29, 1.82) is 0 Å². The van der Waals surface area contributed by atoms with Crippen LogP contribution in [0.2, 0.25) is 0 Å². The predicted molar refractivity (Wildman–Crippen MR) is 119 cm³/mol. The monoisotopic (exact) mass is 423 g/mol. The SMILES string of the molecule is Cc1ccc(OCc2nc(C)c(C(=O)NCC(=O)Nc3c(C)cccc3C)s2)cc1. The summed E-state index contributed by atoms with van der Waals surface area (Å²) in [5, 5.41) is 6.24. The Morgan fingerprint density at radius 3 is 2.33 bits per heavy atom. The second kappa shape index (κ2) is 9.54. The molecule has 2 amide bonds. The van der Waals surface area contributed by atoms with E-state index in [4.69, 9.17) is 4.74 Å². The van der Waals surface area contributed by atoms with Crippen LogP contribution in [0.4, 0.5) is 5.69 Å². The van der Waals surface area contributed by atoms with Crippen molar-refractivity contribution in [3.63, 3.8) is 0 Å². The molecule has 0 atom stereocenters. The molecule has 3 rings (SSSR count). The van der Waals surface area contributed by atoms with Crippen LogP contribution in [0.3, 0.4) is 0 Å². The minimum Gasteiger partial charge on any atom is -0.486 e. The first-order valence-corrected chi connectivity index (χ1v) is 10.4. The molecule has 0 unspecified atom stereocenters. The largest absolute Gasteiger partial charge is 0.486 e. The van der Waals surface area contributed by atoms with Gasteiger partial charge in [0.25, 0.3) is 5.91 Å². The second-order valence-electron chi connectivity index (χ2n) is 7.12. The minimum atomic E-state index is -0.316. The van der Waals surface area contributed by atoms with E-state index in [1.54, 1.807) is 6.92 Å². The number of anilines is 1. The van der Waals surface area contributed by atoms with E-state index in [2.05, 4.69) is 15.6 Å². The van der Waals surface area contributed by atoms with E-state index in [1.165, 1.54) is 11.3 Å². The van der Waals surface area contributed by atoms with Gasteiger partial charge >= 0.3 is 0 Å². The van der Waals surface area contributed by atoms with E-state index in [1.807, 2.05) is 63.2 Å². The van der Waals surface area contributed by atoms with Crippen LogP contribution in [0.5, 0.6) is 5.75 Å². The number of para-hydroxylation sites is 1. The lowest BCUT2D eigenvalue weighted by Crippen LogP contribution is -2.33. The quantitative estimate of drug-likeness (QED) is 0.593. The Labute approximate surface area is 180 Å². The van der Waals surface area contributed by atoms with Gasteiger partial charge in [-0.15, -0.1) is 11.3 Å². The van der Waals surface area contributed by atoms with Crippen molar-refractivity contribution in [2.75, 3.05) is 11.9 Å². The van der Waals surface area contributed by atoms with Gasteiger partial charge < -0.3 is 15.4 Å². The summed E-state index contributed by atoms with van der Waals surface area (Å²) in [7, 11) is 0. The van der Waals surface area contributed by atoms with Gasteiger partial charge in [0.2, 0.25) is 5.91 Å². The molecule has 0 radical (unpaired) electrons. The molecule has 0 aliphatic carbocycles. The summed E-state index contributed by atoms with van der Waals surface area (Å²) in [5.41, 5.74) is 4.52. The summed E-state index contributed by atoms with van der Waals surface area (Å²) in [6, 6.07) is 13.6. The summed E-state index contributed by atoms with van der Waals surface area (Å²) in [5.74, 6) is 0.164. The van der Waals surface area contributed by atoms with Crippen molar-refractivity contribution in [1.82, 2.24) is 10.3 Å². The van der Waals surface area contributed by atoms with Crippen molar-refractivity contribution in [3.05, 3.63) is 74.7 Å². The third-order valence-electron chi connectivity index (χ3n) is 4.59. The number of nitrogens with zero attached hydrogens (tertiary/aromatic N) is 1. The molecule has 0 spiro atoms. The zero-order valence-corrected chi connectivity index (χ0v) is 18.4. The Balaban J connectivity index is 1.55. The Kier molecular flexibility index (Phi) is 6.84. The Bertz CT molecular complexity index is 1040. The highest BCUT2D eigenvalue weighted by Crippen LogP contribution is 2.21. The number of nitrogens with one attached hydrogen (secondary N) is 2. The van der Waals surface area contributed by atoms with Crippen LogP contribution in [0.15, 0.2) is 42.5 Å². The van der Waals surface area contributed by atoms with Gasteiger partial charge in [0.15, 0.2) is 0 Å². The number of hydrogen-bond acceptors (Lipinski definition) is 5. The van der Waals surface area contributed by atoms with Crippen molar-refractivity contribution < 1.29 is 14.3 Å². The molecule has 2 N–H and O–H groups in total. The topological polar surface area (TPSA) is 80.3 Å². The van der Waals surface area contributed by atoms with Gasteiger partial charge in [0.1, 0.15) is 22.2 Å². The molecule has 1 aromatic heterocycles. The maximum absolute atomic E-state index is 12.5. The molecular weight excluding hydrogens is 398 g/mol. The number of ether oxygens (including phenoxy) is 1. The molecule has 0 aliphatic rings. The van der Waals surface area contributed by atoms with Gasteiger partial charge in [-0.3, -0.25) is 9.59 Å². The highest BCUT2D eigenvalue weighted by molar-refractivity contribution is 7.13. The van der Waals surface area contributed by atoms with Crippen LogP contribution in [0, 0.1) is 27.7 Å². The number of amides is 2. The summed E-state index contributed by atoms with van der Waals surface area (Å²) in [4.78, 5) is 29.7. The first-order chi connectivity index (χ1) is 14.3. The molecule has 30 heavy (non-hydrogen) atoms. The van der Waals surface area contributed by atoms with Gasteiger partial charge in [-0.05, 0) is 51.0 Å². The normalized spacial score (nSPS) is 10.5. The van der Waals surface area contributed by atoms with E-state index in [0.717, 1.165) is 28.1 Å². The Hall–Kier alpha value is -3.19. The molecule has 2 aromatic carbocycles. The number of benzene rings is 2. The van der Waals surface area contributed by atoms with Crippen molar-refractivity contribution in [2.45, 2.75) is 34.3 Å². The van der Waals surface area contributed by atoms with Crippen LogP contribution in [0.25, 0.3) is 0 Å². The van der Waals surface area contributed by atoms with Crippen LogP contribution < -0.4 is 15.4 Å². The van der Waals surface area contributed by atoms with Crippen molar-refractivity contribution >= 4 is 28.8 Å². The fraction of sp³-hybridized carbons (Fsp3) is 0.261. The second-order valence-corrected chi connectivity index (χ2v) is 8.21. The molecular formula is C23H25N3O3S. The summed E-state index contributed by atoms with van der Waals surface area (Å²) in [6.45, 7) is 7.83. The first kappa shape index (κ1) is 21.5. The lowest BCUT2D eigenvalue weighted by molar-refractivity contribution is -0.115. The average Bonchev–Trinajstić information content (AvgIpc) is 3.09. The lowest BCUT2D eigenvalue weighted by atomic mass is 10.1. The molecule has 0 aliphatic heterocycles. The molecule has 0 saturated heterocycles.